The number of rotatable bonds is 3. The number of nitrogens with zero attached hydrogens (tertiary/aromatic N) is 4. The largest absolute Gasteiger partial charge is 0.366 e. The third kappa shape index (κ3) is 3.44. The number of piperazine rings is 1. The van der Waals surface area contributed by atoms with Crippen LogP contribution in [0.4, 0.5) is 15.2 Å². The molecule has 5 nitrogen and oxygen atoms in total. The van der Waals surface area contributed by atoms with Gasteiger partial charge in [0, 0.05) is 39.3 Å². The number of amides is 1. The van der Waals surface area contributed by atoms with Crippen molar-refractivity contribution < 1.29 is 9.18 Å². The second-order valence-corrected chi connectivity index (χ2v) is 8.84. The minimum atomic E-state index is -0.201. The summed E-state index contributed by atoms with van der Waals surface area (Å²) in [6.45, 7) is 6.16. The molecule has 2 aliphatic heterocycles. The van der Waals surface area contributed by atoms with Gasteiger partial charge >= 0.3 is 0 Å². The van der Waals surface area contributed by atoms with E-state index in [1.807, 2.05) is 15.9 Å². The lowest BCUT2D eigenvalue weighted by atomic mass is 9.99. The normalized spacial score (nSPS) is 17.7. The van der Waals surface area contributed by atoms with Crippen LogP contribution in [0, 0.1) is 18.7 Å². The lowest BCUT2D eigenvalue weighted by Crippen LogP contribution is -2.58. The van der Waals surface area contributed by atoms with Crippen LogP contribution < -0.4 is 9.80 Å². The zero-order chi connectivity index (χ0) is 20.0. The van der Waals surface area contributed by atoms with E-state index in [9.17, 15) is 9.18 Å². The van der Waals surface area contributed by atoms with Crippen LogP contribution in [0.5, 0.6) is 0 Å². The number of hydrogen-bond acceptors (Lipinski definition) is 5. The second-order valence-electron chi connectivity index (χ2n) is 7.83. The first-order chi connectivity index (χ1) is 14.1. The van der Waals surface area contributed by atoms with Gasteiger partial charge in [-0.25, -0.2) is 9.37 Å². The van der Waals surface area contributed by atoms with E-state index in [0.29, 0.717) is 31.9 Å². The Bertz CT molecular complexity index is 1050. The number of halogens is 1. The van der Waals surface area contributed by atoms with E-state index in [0.717, 1.165) is 23.7 Å². The Balaban J connectivity index is 1.17. The van der Waals surface area contributed by atoms with E-state index >= 15 is 0 Å². The molecule has 0 unspecified atom stereocenters. The number of carbonyl (C=O) groups is 1. The van der Waals surface area contributed by atoms with Crippen LogP contribution in [-0.2, 0) is 4.79 Å². The molecule has 29 heavy (non-hydrogen) atoms. The Kier molecular flexibility index (Phi) is 4.62. The molecule has 7 heteroatoms. The van der Waals surface area contributed by atoms with Crippen molar-refractivity contribution >= 4 is 38.3 Å². The summed E-state index contributed by atoms with van der Waals surface area (Å²) in [6.07, 6.45) is 0. The van der Waals surface area contributed by atoms with E-state index in [1.165, 1.54) is 16.3 Å². The Morgan fingerprint density at radius 3 is 2.59 bits per heavy atom. The summed E-state index contributed by atoms with van der Waals surface area (Å²) in [7, 11) is 0. The molecule has 0 spiro atoms. The summed E-state index contributed by atoms with van der Waals surface area (Å²) in [4.78, 5) is 23.7. The highest BCUT2D eigenvalue weighted by molar-refractivity contribution is 7.22. The first-order valence-corrected chi connectivity index (χ1v) is 10.8. The molecular formula is C22H23FN4OS. The molecule has 5 rings (SSSR count). The molecule has 2 saturated heterocycles. The maximum Gasteiger partial charge on any atom is 0.229 e. The van der Waals surface area contributed by atoms with E-state index in [-0.39, 0.29) is 17.6 Å². The van der Waals surface area contributed by atoms with E-state index in [1.54, 1.807) is 23.5 Å². The number of para-hydroxylation sites is 1. The average Bonchev–Trinajstić information content (AvgIpc) is 3.10. The van der Waals surface area contributed by atoms with Crippen molar-refractivity contribution in [3.8, 4) is 0 Å². The Hall–Kier alpha value is -2.67. The van der Waals surface area contributed by atoms with Crippen LogP contribution in [0.3, 0.4) is 0 Å². The monoisotopic (exact) mass is 410 g/mol. The van der Waals surface area contributed by atoms with Crippen molar-refractivity contribution in [2.24, 2.45) is 5.92 Å². The predicted molar refractivity (Wildman–Crippen MR) is 115 cm³/mol. The second kappa shape index (κ2) is 7.30. The van der Waals surface area contributed by atoms with Crippen LogP contribution in [-0.4, -0.2) is 55.1 Å². The van der Waals surface area contributed by atoms with Crippen molar-refractivity contribution in [2.75, 3.05) is 49.1 Å². The number of fused-ring (bicyclic) bond motifs is 1. The number of anilines is 2. The van der Waals surface area contributed by atoms with Gasteiger partial charge in [-0.15, -0.1) is 0 Å². The standard InChI is InChI=1S/C22H23FN4OS/c1-15-6-7-18-20(12-15)29-22(24-18)27-13-16(14-27)21(28)26-10-8-25(9-11-26)19-5-3-2-4-17(19)23/h2-7,12,16H,8-11,13-14H2,1H3. The SMILES string of the molecule is Cc1ccc2nc(N3CC(C(=O)N4CCN(c5ccccc5F)CC4)C3)sc2c1. The van der Waals surface area contributed by atoms with Gasteiger partial charge in [0.15, 0.2) is 5.13 Å². The first-order valence-electron chi connectivity index (χ1n) is 9.99. The topological polar surface area (TPSA) is 39.7 Å². The molecule has 0 N–H and O–H groups in total. The molecule has 3 heterocycles. The van der Waals surface area contributed by atoms with Crippen molar-refractivity contribution in [3.05, 3.63) is 53.8 Å². The summed E-state index contributed by atoms with van der Waals surface area (Å²) >= 11 is 1.69. The number of aryl methyl sites for hydroxylation is 1. The Labute approximate surface area is 173 Å². The number of carbonyl (C=O) groups excluding carboxylic acids is 1. The molecule has 1 amide bonds. The maximum atomic E-state index is 14.0. The molecule has 0 saturated carbocycles. The van der Waals surface area contributed by atoms with Gasteiger partial charge < -0.3 is 14.7 Å². The zero-order valence-corrected chi connectivity index (χ0v) is 17.2. The van der Waals surface area contributed by atoms with Crippen molar-refractivity contribution in [1.29, 1.82) is 0 Å². The molecule has 2 fully saturated rings. The van der Waals surface area contributed by atoms with Crippen LogP contribution in [0.1, 0.15) is 5.56 Å². The Morgan fingerprint density at radius 2 is 1.83 bits per heavy atom. The van der Waals surface area contributed by atoms with Crippen molar-refractivity contribution in [2.45, 2.75) is 6.92 Å². The predicted octanol–water partition coefficient (Wildman–Crippen LogP) is 3.53. The molecule has 2 aliphatic rings. The molecule has 2 aromatic carbocycles. The van der Waals surface area contributed by atoms with Gasteiger partial charge in [-0.3, -0.25) is 4.79 Å². The lowest BCUT2D eigenvalue weighted by molar-refractivity contribution is -0.136. The fourth-order valence-corrected chi connectivity index (χ4v) is 5.16. The smallest absolute Gasteiger partial charge is 0.229 e. The number of aromatic nitrogens is 1. The zero-order valence-electron chi connectivity index (χ0n) is 16.3. The molecule has 150 valence electrons. The fourth-order valence-electron chi connectivity index (χ4n) is 4.08. The van der Waals surface area contributed by atoms with Gasteiger partial charge in [-0.2, -0.15) is 0 Å². The van der Waals surface area contributed by atoms with Gasteiger partial charge in [0.05, 0.1) is 21.8 Å². The van der Waals surface area contributed by atoms with Crippen LogP contribution in [0.25, 0.3) is 10.2 Å². The minimum absolute atomic E-state index is 0.0313. The van der Waals surface area contributed by atoms with E-state index < -0.39 is 0 Å². The van der Waals surface area contributed by atoms with Gasteiger partial charge in [0.25, 0.3) is 0 Å². The fraction of sp³-hybridized carbons (Fsp3) is 0.364. The summed E-state index contributed by atoms with van der Waals surface area (Å²) in [5.74, 6) is 0.0445. The van der Waals surface area contributed by atoms with E-state index in [2.05, 4.69) is 30.0 Å². The third-order valence-corrected chi connectivity index (χ3v) is 6.90. The van der Waals surface area contributed by atoms with Gasteiger partial charge in [0.2, 0.25) is 5.91 Å². The maximum absolute atomic E-state index is 14.0. The molecule has 0 atom stereocenters. The molecule has 0 bridgehead atoms. The van der Waals surface area contributed by atoms with Crippen LogP contribution in [0.15, 0.2) is 42.5 Å². The van der Waals surface area contributed by atoms with Crippen molar-refractivity contribution in [1.82, 2.24) is 9.88 Å². The third-order valence-electron chi connectivity index (χ3n) is 5.82. The summed E-state index contributed by atoms with van der Waals surface area (Å²) in [5, 5.41) is 0.999. The van der Waals surface area contributed by atoms with Gasteiger partial charge in [-0.1, -0.05) is 29.5 Å². The highest BCUT2D eigenvalue weighted by atomic mass is 32.1. The number of thiazole rings is 1. The highest BCUT2D eigenvalue weighted by Gasteiger charge is 2.37. The Morgan fingerprint density at radius 1 is 1.07 bits per heavy atom. The number of hydrogen-bond donors (Lipinski definition) is 0. The molecule has 3 aromatic rings. The molecule has 0 aliphatic carbocycles. The molecule has 1 aromatic heterocycles. The first kappa shape index (κ1) is 18.4. The quantitative estimate of drug-likeness (QED) is 0.662. The highest BCUT2D eigenvalue weighted by Crippen LogP contribution is 2.34. The van der Waals surface area contributed by atoms with Gasteiger partial charge in [0.1, 0.15) is 5.82 Å². The lowest BCUT2D eigenvalue weighted by Gasteiger charge is -2.43. The summed E-state index contributed by atoms with van der Waals surface area (Å²) in [5.41, 5.74) is 2.88. The minimum Gasteiger partial charge on any atom is -0.366 e. The average molecular weight is 411 g/mol. The summed E-state index contributed by atoms with van der Waals surface area (Å²) < 4.78 is 15.2. The van der Waals surface area contributed by atoms with Crippen LogP contribution in [0.2, 0.25) is 0 Å². The van der Waals surface area contributed by atoms with Crippen LogP contribution >= 0.6 is 11.3 Å². The summed E-state index contributed by atoms with van der Waals surface area (Å²) in [6, 6.07) is 13.1. The van der Waals surface area contributed by atoms with Crippen molar-refractivity contribution in [3.63, 3.8) is 0 Å². The van der Waals surface area contributed by atoms with Gasteiger partial charge in [-0.05, 0) is 36.8 Å². The number of benzene rings is 2. The van der Waals surface area contributed by atoms with E-state index in [4.69, 9.17) is 4.98 Å². The molecule has 0 radical (unpaired) electrons. The molecular weight excluding hydrogens is 387 g/mol.